The summed E-state index contributed by atoms with van der Waals surface area (Å²) < 4.78 is 0. The molecule has 1 aromatic heterocycles. The molecule has 6 rings (SSSR count). The summed E-state index contributed by atoms with van der Waals surface area (Å²) in [5.74, 6) is 2.93. The van der Waals surface area contributed by atoms with Crippen LogP contribution in [0.2, 0.25) is 0 Å². The maximum Gasteiger partial charge on any atom is 0.237 e. The number of rotatable bonds is 4. The van der Waals surface area contributed by atoms with Gasteiger partial charge in [-0.2, -0.15) is 0 Å². The smallest absolute Gasteiger partial charge is 0.237 e. The van der Waals surface area contributed by atoms with Gasteiger partial charge in [0.05, 0.1) is 6.04 Å². The third kappa shape index (κ3) is 2.86. The molecule has 4 bridgehead atoms. The summed E-state index contributed by atoms with van der Waals surface area (Å²) >= 11 is 1.83. The fraction of sp³-hybridized carbons (Fsp3) is 0.762. The second-order valence-corrected chi connectivity index (χ2v) is 10.3. The van der Waals surface area contributed by atoms with E-state index in [0.29, 0.717) is 6.04 Å². The van der Waals surface area contributed by atoms with Crippen molar-refractivity contribution in [1.29, 1.82) is 0 Å². The second kappa shape index (κ2) is 6.09. The van der Waals surface area contributed by atoms with Crippen LogP contribution < -0.4 is 5.32 Å². The summed E-state index contributed by atoms with van der Waals surface area (Å²) in [5.41, 5.74) is 0.137. The molecule has 4 heteroatoms. The van der Waals surface area contributed by atoms with Crippen LogP contribution in [-0.4, -0.2) is 28.9 Å². The van der Waals surface area contributed by atoms with Crippen molar-refractivity contribution in [3.63, 3.8) is 0 Å². The van der Waals surface area contributed by atoms with Gasteiger partial charge in [-0.15, -0.1) is 11.3 Å². The fourth-order valence-electron chi connectivity index (χ4n) is 6.82. The van der Waals surface area contributed by atoms with Crippen LogP contribution in [0.4, 0.5) is 0 Å². The van der Waals surface area contributed by atoms with Crippen LogP contribution in [0.3, 0.4) is 0 Å². The number of likely N-dealkylation sites (tertiary alicyclic amines) is 1. The predicted molar refractivity (Wildman–Crippen MR) is 102 cm³/mol. The van der Waals surface area contributed by atoms with E-state index in [1.54, 1.807) is 0 Å². The lowest BCUT2D eigenvalue weighted by Crippen LogP contribution is -2.62. The van der Waals surface area contributed by atoms with E-state index in [9.17, 15) is 4.79 Å². The molecule has 136 valence electrons. The molecule has 2 atom stereocenters. The largest absolute Gasteiger partial charge is 0.349 e. The maximum absolute atomic E-state index is 13.2. The lowest BCUT2D eigenvalue weighted by atomic mass is 9.53. The minimum absolute atomic E-state index is 0.0115. The van der Waals surface area contributed by atoms with E-state index in [-0.39, 0.29) is 17.5 Å². The topological polar surface area (TPSA) is 32.3 Å². The molecule has 2 heterocycles. The number of thiophene rings is 1. The van der Waals surface area contributed by atoms with Crippen LogP contribution in [0.15, 0.2) is 17.5 Å². The molecule has 0 aromatic carbocycles. The molecule has 1 amide bonds. The quantitative estimate of drug-likeness (QED) is 0.867. The lowest BCUT2D eigenvalue weighted by Gasteiger charge is -2.57. The predicted octanol–water partition coefficient (Wildman–Crippen LogP) is 4.36. The van der Waals surface area contributed by atoms with E-state index in [0.717, 1.165) is 24.3 Å². The molecule has 1 aromatic rings. The van der Waals surface area contributed by atoms with Gasteiger partial charge in [0.25, 0.3) is 0 Å². The molecule has 4 aliphatic carbocycles. The Morgan fingerprint density at radius 1 is 1.24 bits per heavy atom. The van der Waals surface area contributed by atoms with Gasteiger partial charge in [0, 0.05) is 16.5 Å². The van der Waals surface area contributed by atoms with Crippen LogP contribution >= 0.6 is 11.3 Å². The summed E-state index contributed by atoms with van der Waals surface area (Å²) in [5, 5.41) is 5.75. The highest BCUT2D eigenvalue weighted by Crippen LogP contribution is 2.55. The third-order valence-electron chi connectivity index (χ3n) is 7.47. The number of hydrogen-bond acceptors (Lipinski definition) is 3. The molecule has 1 aliphatic heterocycles. The average molecular weight is 359 g/mol. The van der Waals surface area contributed by atoms with E-state index in [2.05, 4.69) is 34.7 Å². The highest BCUT2D eigenvalue weighted by molar-refractivity contribution is 7.10. The molecule has 0 spiro atoms. The van der Waals surface area contributed by atoms with Crippen molar-refractivity contribution in [2.24, 2.45) is 17.8 Å². The molecule has 5 aliphatic rings. The van der Waals surface area contributed by atoms with Gasteiger partial charge in [0.2, 0.25) is 5.91 Å². The highest BCUT2D eigenvalue weighted by atomic mass is 32.1. The normalized spacial score (nSPS) is 41.2. The van der Waals surface area contributed by atoms with Crippen molar-refractivity contribution >= 4 is 17.2 Å². The summed E-state index contributed by atoms with van der Waals surface area (Å²) in [6.45, 7) is 3.18. The van der Waals surface area contributed by atoms with Crippen LogP contribution in [0, 0.1) is 17.8 Å². The first-order chi connectivity index (χ1) is 12.1. The number of amides is 1. The van der Waals surface area contributed by atoms with Crippen LogP contribution in [0.1, 0.15) is 69.2 Å². The number of carbonyl (C=O) groups is 1. The van der Waals surface area contributed by atoms with Crippen LogP contribution in [-0.2, 0) is 4.79 Å². The first kappa shape index (κ1) is 16.3. The first-order valence-corrected chi connectivity index (χ1v) is 11.1. The standard InChI is InChI=1S/C21H30N2OS/c1-14(23-6-2-4-18(23)19-5-3-7-25-19)20(24)22-21-11-15-8-16(12-21)10-17(9-15)13-21/h3,5,7,14-18H,2,4,6,8-13H2,1H3,(H,22,24)/t14-,15?,16?,17?,18-,21?/m0/s1. The van der Waals surface area contributed by atoms with Crippen LogP contribution in [0.5, 0.6) is 0 Å². The molecule has 1 saturated heterocycles. The Kier molecular flexibility index (Phi) is 3.97. The maximum atomic E-state index is 13.2. The SMILES string of the molecule is C[C@@H](C(=O)NC12CC3CC(CC(C3)C1)C2)N1CCC[C@H]1c1cccs1. The highest BCUT2D eigenvalue weighted by Gasteiger charge is 2.52. The zero-order chi connectivity index (χ0) is 17.0. The summed E-state index contributed by atoms with van der Waals surface area (Å²) in [6, 6.07) is 4.80. The van der Waals surface area contributed by atoms with Gasteiger partial charge in [0.15, 0.2) is 0 Å². The Balaban J connectivity index is 1.29. The van der Waals surface area contributed by atoms with Crippen molar-refractivity contribution in [1.82, 2.24) is 10.2 Å². The Hall–Kier alpha value is -0.870. The monoisotopic (exact) mass is 358 g/mol. The van der Waals surface area contributed by atoms with Crippen molar-refractivity contribution < 1.29 is 4.79 Å². The van der Waals surface area contributed by atoms with Gasteiger partial charge in [-0.05, 0) is 94.0 Å². The van der Waals surface area contributed by atoms with Crippen LogP contribution in [0.25, 0.3) is 0 Å². The van der Waals surface area contributed by atoms with Gasteiger partial charge in [-0.25, -0.2) is 0 Å². The van der Waals surface area contributed by atoms with Crippen molar-refractivity contribution in [3.8, 4) is 0 Å². The van der Waals surface area contributed by atoms with E-state index < -0.39 is 0 Å². The van der Waals surface area contributed by atoms with E-state index >= 15 is 0 Å². The zero-order valence-corrected chi connectivity index (χ0v) is 16.1. The van der Waals surface area contributed by atoms with Crippen molar-refractivity contribution in [3.05, 3.63) is 22.4 Å². The van der Waals surface area contributed by atoms with Gasteiger partial charge < -0.3 is 5.32 Å². The molecular weight excluding hydrogens is 328 g/mol. The number of hydrogen-bond donors (Lipinski definition) is 1. The minimum atomic E-state index is -0.0115. The lowest BCUT2D eigenvalue weighted by molar-refractivity contribution is -0.132. The zero-order valence-electron chi connectivity index (χ0n) is 15.2. The Morgan fingerprint density at radius 3 is 2.52 bits per heavy atom. The first-order valence-electron chi connectivity index (χ1n) is 10.2. The molecule has 25 heavy (non-hydrogen) atoms. The van der Waals surface area contributed by atoms with Gasteiger partial charge in [0.1, 0.15) is 0 Å². The number of nitrogens with one attached hydrogen (secondary N) is 1. The van der Waals surface area contributed by atoms with Gasteiger partial charge in [-0.3, -0.25) is 9.69 Å². The number of nitrogens with zero attached hydrogens (tertiary/aromatic N) is 1. The number of carbonyl (C=O) groups excluding carboxylic acids is 1. The molecule has 5 fully saturated rings. The van der Waals surface area contributed by atoms with Crippen molar-refractivity contribution in [2.75, 3.05) is 6.54 Å². The van der Waals surface area contributed by atoms with Gasteiger partial charge >= 0.3 is 0 Å². The summed E-state index contributed by atoms with van der Waals surface area (Å²) in [4.78, 5) is 17.0. The summed E-state index contributed by atoms with van der Waals surface area (Å²) in [6.07, 6.45) is 10.4. The fourth-order valence-corrected chi connectivity index (χ4v) is 7.70. The minimum Gasteiger partial charge on any atom is -0.349 e. The van der Waals surface area contributed by atoms with E-state index in [1.807, 2.05) is 11.3 Å². The second-order valence-electron chi connectivity index (χ2n) is 9.27. The molecule has 4 saturated carbocycles. The molecule has 3 nitrogen and oxygen atoms in total. The molecule has 0 radical (unpaired) electrons. The Morgan fingerprint density at radius 2 is 1.92 bits per heavy atom. The van der Waals surface area contributed by atoms with Crippen molar-refractivity contribution in [2.45, 2.75) is 75.9 Å². The molecule has 0 unspecified atom stereocenters. The third-order valence-corrected chi connectivity index (χ3v) is 8.44. The molecular formula is C21H30N2OS. The van der Waals surface area contributed by atoms with E-state index in [1.165, 1.54) is 56.2 Å². The average Bonchev–Trinajstić information content (AvgIpc) is 3.23. The van der Waals surface area contributed by atoms with Gasteiger partial charge in [-0.1, -0.05) is 6.07 Å². The van der Waals surface area contributed by atoms with E-state index in [4.69, 9.17) is 0 Å². The summed E-state index contributed by atoms with van der Waals surface area (Å²) in [7, 11) is 0. The Labute approximate surface area is 155 Å². The molecule has 1 N–H and O–H groups in total. The Bertz CT molecular complexity index is 605.